The number of hydrogen-bond donors (Lipinski definition) is 3. The number of aryl methyl sites for hydroxylation is 1. The van der Waals surface area contributed by atoms with Gasteiger partial charge in [-0.15, -0.1) is 0 Å². The van der Waals surface area contributed by atoms with Crippen molar-refractivity contribution in [1.82, 2.24) is 15.6 Å². The van der Waals surface area contributed by atoms with Gasteiger partial charge in [-0.25, -0.2) is 4.99 Å². The molecule has 0 atom stereocenters. The van der Waals surface area contributed by atoms with Crippen LogP contribution in [-0.4, -0.2) is 31.1 Å². The van der Waals surface area contributed by atoms with Crippen molar-refractivity contribution in [2.24, 2.45) is 4.99 Å². The first-order valence-corrected chi connectivity index (χ1v) is 9.50. The molecule has 5 heteroatoms. The number of fused-ring (bicyclic) bond motifs is 1. The van der Waals surface area contributed by atoms with Crippen molar-refractivity contribution < 1.29 is 4.74 Å². The van der Waals surface area contributed by atoms with E-state index in [1.807, 2.05) is 24.3 Å². The Morgan fingerprint density at radius 2 is 1.89 bits per heavy atom. The number of nitrogens with zero attached hydrogens (tertiary/aromatic N) is 1. The molecule has 1 heterocycles. The van der Waals surface area contributed by atoms with Gasteiger partial charge in [0.1, 0.15) is 5.75 Å². The maximum absolute atomic E-state index is 5.19. The summed E-state index contributed by atoms with van der Waals surface area (Å²) < 4.78 is 5.19. The molecule has 0 aliphatic heterocycles. The van der Waals surface area contributed by atoms with E-state index in [0.717, 1.165) is 43.2 Å². The van der Waals surface area contributed by atoms with Gasteiger partial charge in [0.2, 0.25) is 0 Å². The molecular formula is C22H28N4O. The average molecular weight is 364 g/mol. The molecular weight excluding hydrogens is 336 g/mol. The topological polar surface area (TPSA) is 61.4 Å². The Balaban J connectivity index is 1.50. The van der Waals surface area contributed by atoms with Gasteiger partial charge in [0.15, 0.2) is 5.96 Å². The lowest BCUT2D eigenvalue weighted by Gasteiger charge is -2.11. The fourth-order valence-electron chi connectivity index (χ4n) is 3.07. The van der Waals surface area contributed by atoms with Crippen molar-refractivity contribution in [3.63, 3.8) is 0 Å². The summed E-state index contributed by atoms with van der Waals surface area (Å²) in [5.41, 5.74) is 3.73. The fraction of sp³-hybridized carbons (Fsp3) is 0.318. The van der Waals surface area contributed by atoms with Crippen LogP contribution in [-0.2, 0) is 13.0 Å². The molecule has 2 aromatic carbocycles. The van der Waals surface area contributed by atoms with Crippen LogP contribution in [0, 0.1) is 0 Å². The van der Waals surface area contributed by atoms with Gasteiger partial charge in [0, 0.05) is 30.2 Å². The predicted molar refractivity (Wildman–Crippen MR) is 112 cm³/mol. The van der Waals surface area contributed by atoms with Crippen molar-refractivity contribution in [2.45, 2.75) is 26.3 Å². The number of guanidine groups is 1. The molecule has 0 bridgehead atoms. The summed E-state index contributed by atoms with van der Waals surface area (Å²) in [6.45, 7) is 4.45. The summed E-state index contributed by atoms with van der Waals surface area (Å²) in [7, 11) is 1.68. The number of para-hydroxylation sites is 1. The molecule has 142 valence electrons. The van der Waals surface area contributed by atoms with Gasteiger partial charge in [0.05, 0.1) is 13.7 Å². The SMILES string of the molecule is CCNC(=NCc1ccc(OC)cc1)NCCCc1c[nH]c2ccccc12. The lowest BCUT2D eigenvalue weighted by molar-refractivity contribution is 0.414. The zero-order valence-corrected chi connectivity index (χ0v) is 16.1. The standard InChI is InChI=1S/C22H28N4O/c1-3-23-22(26-15-17-10-12-19(27-2)13-11-17)24-14-6-7-18-16-25-21-9-5-4-8-20(18)21/h4-5,8-13,16,25H,3,6-7,14-15H2,1-2H3,(H2,23,24,26). The van der Waals surface area contributed by atoms with Crippen LogP contribution in [0.1, 0.15) is 24.5 Å². The van der Waals surface area contributed by atoms with Gasteiger partial charge in [-0.2, -0.15) is 0 Å². The number of aromatic amines is 1. The van der Waals surface area contributed by atoms with Crippen LogP contribution < -0.4 is 15.4 Å². The van der Waals surface area contributed by atoms with E-state index in [0.29, 0.717) is 6.54 Å². The van der Waals surface area contributed by atoms with E-state index in [4.69, 9.17) is 4.74 Å². The van der Waals surface area contributed by atoms with Crippen LogP contribution in [0.4, 0.5) is 0 Å². The molecule has 0 saturated heterocycles. The van der Waals surface area contributed by atoms with Crippen LogP contribution in [0.5, 0.6) is 5.75 Å². The van der Waals surface area contributed by atoms with Gasteiger partial charge in [-0.05, 0) is 49.1 Å². The largest absolute Gasteiger partial charge is 0.497 e. The van der Waals surface area contributed by atoms with Crippen molar-refractivity contribution >= 4 is 16.9 Å². The van der Waals surface area contributed by atoms with Crippen molar-refractivity contribution in [3.05, 3.63) is 65.9 Å². The monoisotopic (exact) mass is 364 g/mol. The van der Waals surface area contributed by atoms with E-state index < -0.39 is 0 Å². The number of aromatic nitrogens is 1. The van der Waals surface area contributed by atoms with E-state index in [1.165, 1.54) is 16.5 Å². The van der Waals surface area contributed by atoms with Gasteiger partial charge in [0.25, 0.3) is 0 Å². The number of rotatable bonds is 8. The molecule has 0 saturated carbocycles. The molecule has 27 heavy (non-hydrogen) atoms. The molecule has 0 radical (unpaired) electrons. The number of aliphatic imine (C=N–C) groups is 1. The van der Waals surface area contributed by atoms with Gasteiger partial charge < -0.3 is 20.4 Å². The number of benzene rings is 2. The molecule has 0 amide bonds. The third-order valence-electron chi connectivity index (χ3n) is 4.51. The number of hydrogen-bond acceptors (Lipinski definition) is 2. The molecule has 3 N–H and O–H groups in total. The van der Waals surface area contributed by atoms with Gasteiger partial charge >= 0.3 is 0 Å². The Bertz CT molecular complexity index is 867. The fourth-order valence-corrected chi connectivity index (χ4v) is 3.07. The summed E-state index contributed by atoms with van der Waals surface area (Å²) in [6.07, 6.45) is 4.21. The minimum atomic E-state index is 0.641. The third kappa shape index (κ3) is 5.26. The van der Waals surface area contributed by atoms with Crippen LogP contribution in [0.25, 0.3) is 10.9 Å². The molecule has 5 nitrogen and oxygen atoms in total. The quantitative estimate of drug-likeness (QED) is 0.323. The summed E-state index contributed by atoms with van der Waals surface area (Å²) in [5.74, 6) is 1.72. The number of nitrogens with one attached hydrogen (secondary N) is 3. The summed E-state index contributed by atoms with van der Waals surface area (Å²) in [4.78, 5) is 8.01. The first-order chi connectivity index (χ1) is 13.3. The second kappa shape index (κ2) is 9.67. The molecule has 0 spiro atoms. The zero-order chi connectivity index (χ0) is 18.9. The molecule has 0 aliphatic carbocycles. The predicted octanol–water partition coefficient (Wildman–Crippen LogP) is 3.86. The molecule has 1 aromatic heterocycles. The maximum Gasteiger partial charge on any atom is 0.191 e. The minimum Gasteiger partial charge on any atom is -0.497 e. The first-order valence-electron chi connectivity index (χ1n) is 9.50. The smallest absolute Gasteiger partial charge is 0.191 e. The Morgan fingerprint density at radius 3 is 2.67 bits per heavy atom. The maximum atomic E-state index is 5.19. The number of H-pyrrole nitrogens is 1. The molecule has 0 aliphatic rings. The Hall–Kier alpha value is -2.95. The zero-order valence-electron chi connectivity index (χ0n) is 16.1. The summed E-state index contributed by atoms with van der Waals surface area (Å²) in [6, 6.07) is 16.5. The van der Waals surface area contributed by atoms with Gasteiger partial charge in [-0.1, -0.05) is 30.3 Å². The molecule has 0 fully saturated rings. The molecule has 3 aromatic rings. The highest BCUT2D eigenvalue weighted by Crippen LogP contribution is 2.18. The van der Waals surface area contributed by atoms with Crippen molar-refractivity contribution in [2.75, 3.05) is 20.2 Å². The lowest BCUT2D eigenvalue weighted by atomic mass is 10.1. The second-order valence-electron chi connectivity index (χ2n) is 6.43. The van der Waals surface area contributed by atoms with E-state index in [9.17, 15) is 0 Å². The van der Waals surface area contributed by atoms with Crippen LogP contribution in [0.15, 0.2) is 59.7 Å². The van der Waals surface area contributed by atoms with Crippen LogP contribution in [0.3, 0.4) is 0 Å². The van der Waals surface area contributed by atoms with Crippen LogP contribution in [0.2, 0.25) is 0 Å². The second-order valence-corrected chi connectivity index (χ2v) is 6.43. The molecule has 0 unspecified atom stereocenters. The minimum absolute atomic E-state index is 0.641. The van der Waals surface area contributed by atoms with Crippen molar-refractivity contribution in [1.29, 1.82) is 0 Å². The van der Waals surface area contributed by atoms with E-state index >= 15 is 0 Å². The van der Waals surface area contributed by atoms with E-state index in [-0.39, 0.29) is 0 Å². The Morgan fingerprint density at radius 1 is 1.07 bits per heavy atom. The highest BCUT2D eigenvalue weighted by molar-refractivity contribution is 5.83. The Labute approximate surface area is 160 Å². The Kier molecular flexibility index (Phi) is 6.74. The third-order valence-corrected chi connectivity index (χ3v) is 4.51. The molecule has 3 rings (SSSR count). The average Bonchev–Trinajstić information content (AvgIpc) is 3.13. The normalized spacial score (nSPS) is 11.6. The lowest BCUT2D eigenvalue weighted by Crippen LogP contribution is -2.37. The number of ether oxygens (including phenoxy) is 1. The summed E-state index contributed by atoms with van der Waals surface area (Å²) >= 11 is 0. The van der Waals surface area contributed by atoms with E-state index in [2.05, 4.69) is 58.0 Å². The van der Waals surface area contributed by atoms with Crippen molar-refractivity contribution in [3.8, 4) is 5.75 Å². The van der Waals surface area contributed by atoms with Gasteiger partial charge in [-0.3, -0.25) is 0 Å². The first kappa shape index (κ1) is 18.8. The highest BCUT2D eigenvalue weighted by atomic mass is 16.5. The highest BCUT2D eigenvalue weighted by Gasteiger charge is 2.03. The summed E-state index contributed by atoms with van der Waals surface area (Å²) in [5, 5.41) is 8.05. The number of methoxy groups -OCH3 is 1. The van der Waals surface area contributed by atoms with Crippen LogP contribution >= 0.6 is 0 Å². The van der Waals surface area contributed by atoms with E-state index in [1.54, 1.807) is 7.11 Å².